The fraction of sp³-hybridized carbons (Fsp3) is 0.235. The minimum Gasteiger partial charge on any atom is -0.477 e. The fourth-order valence-electron chi connectivity index (χ4n) is 3.47. The van der Waals surface area contributed by atoms with E-state index in [1.165, 1.54) is 6.20 Å². The third kappa shape index (κ3) is 3.87. The maximum absolute atomic E-state index is 12.8. The second-order valence-electron chi connectivity index (χ2n) is 6.63. The molecule has 15 heteroatoms. The first-order valence-corrected chi connectivity index (χ1v) is 11.0. The Hall–Kier alpha value is -3.23. The summed E-state index contributed by atoms with van der Waals surface area (Å²) in [4.78, 5) is 42.8. The highest BCUT2D eigenvalue weighted by Gasteiger charge is 2.54. The minimum absolute atomic E-state index is 0.0476. The number of rotatable bonds is 6. The van der Waals surface area contributed by atoms with Crippen molar-refractivity contribution < 1.29 is 24.7 Å². The predicted octanol–water partition coefficient (Wildman–Crippen LogP) is 0.925. The number of halogens is 1. The number of aliphatic carboxylic acids is 1. The molecule has 0 spiro atoms. The summed E-state index contributed by atoms with van der Waals surface area (Å²) in [6.45, 7) is 0. The van der Waals surface area contributed by atoms with Gasteiger partial charge < -0.3 is 21.4 Å². The summed E-state index contributed by atoms with van der Waals surface area (Å²) >= 11 is 7.99. The number of carboxylic acids is 1. The van der Waals surface area contributed by atoms with Crippen molar-refractivity contribution in [3.63, 3.8) is 0 Å². The molecule has 4 heterocycles. The number of nitrogens with two attached hydrogens (primary N) is 1. The Morgan fingerprint density at radius 1 is 1.44 bits per heavy atom. The number of nitrogens with one attached hydrogen (secondary N) is 1. The summed E-state index contributed by atoms with van der Waals surface area (Å²) in [5.41, 5.74) is 4.78. The molecule has 0 aromatic carbocycles. The van der Waals surface area contributed by atoms with E-state index >= 15 is 0 Å². The van der Waals surface area contributed by atoms with Crippen LogP contribution in [0, 0.1) is 0 Å². The largest absolute Gasteiger partial charge is 0.477 e. The molecule has 1 fully saturated rings. The van der Waals surface area contributed by atoms with Crippen LogP contribution in [0.25, 0.3) is 0 Å². The molecule has 1 unspecified atom stereocenters. The van der Waals surface area contributed by atoms with E-state index in [1.807, 2.05) is 0 Å². The van der Waals surface area contributed by atoms with Crippen LogP contribution in [0.4, 0.5) is 5.13 Å². The van der Waals surface area contributed by atoms with Crippen molar-refractivity contribution in [3.05, 3.63) is 39.0 Å². The number of β-lactam (4-membered cyclic amide) rings is 1. The quantitative estimate of drug-likeness (QED) is 0.194. The molecule has 0 radical (unpaired) electrons. The van der Waals surface area contributed by atoms with Gasteiger partial charge in [0.05, 0.1) is 6.04 Å². The zero-order valence-corrected chi connectivity index (χ0v) is 18.3. The topological polar surface area (TPSA) is 184 Å². The van der Waals surface area contributed by atoms with Gasteiger partial charge in [-0.05, 0) is 25.0 Å². The van der Waals surface area contributed by atoms with Crippen molar-refractivity contribution in [2.75, 3.05) is 5.73 Å². The van der Waals surface area contributed by atoms with E-state index in [0.29, 0.717) is 22.8 Å². The van der Waals surface area contributed by atoms with Crippen LogP contribution in [0.5, 0.6) is 0 Å². The molecule has 2 aromatic heterocycles. The number of carbonyl (C=O) groups excluding carboxylic acids is 2. The van der Waals surface area contributed by atoms with E-state index in [4.69, 9.17) is 17.3 Å². The number of thioether (sulfide) groups is 1. The molecule has 0 saturated carbocycles. The van der Waals surface area contributed by atoms with Crippen LogP contribution in [0.2, 0.25) is 4.34 Å². The lowest BCUT2D eigenvalue weighted by Crippen LogP contribution is -2.72. The van der Waals surface area contributed by atoms with Crippen LogP contribution in [0.1, 0.15) is 18.5 Å². The van der Waals surface area contributed by atoms with E-state index in [2.05, 4.69) is 25.7 Å². The standard InChI is InChI=1S/C17H14ClN7O5S2/c18-13-10(22-17(19)32-13)11(24-30)14(26)21-9-6-3-4-7(31-8-2-1-5-20-23-8)12(16(28)29)25(6)15(9)27/h1-2,5-6,9,30H,3-4H2,(H2,19,22)(H,21,26)(H,28,29)/b24-11-/t6?,9-/m0/s1. The monoisotopic (exact) mass is 495 g/mol. The van der Waals surface area contributed by atoms with Crippen LogP contribution in [0.15, 0.2) is 39.1 Å². The molecule has 5 N–H and O–H groups in total. The van der Waals surface area contributed by atoms with Gasteiger partial charge in [0.1, 0.15) is 26.8 Å². The van der Waals surface area contributed by atoms with Crippen molar-refractivity contribution in [3.8, 4) is 0 Å². The van der Waals surface area contributed by atoms with Crippen molar-refractivity contribution in [2.24, 2.45) is 5.16 Å². The molecule has 2 amide bonds. The molecule has 2 aromatic rings. The zero-order chi connectivity index (χ0) is 23.0. The number of allylic oxidation sites excluding steroid dienone is 1. The first-order chi connectivity index (χ1) is 15.3. The highest BCUT2D eigenvalue weighted by molar-refractivity contribution is 8.03. The highest BCUT2D eigenvalue weighted by Crippen LogP contribution is 2.42. The fourth-order valence-corrected chi connectivity index (χ4v) is 5.39. The number of carboxylic acid groups (broad SMARTS) is 1. The number of thiazole rings is 1. The lowest BCUT2D eigenvalue weighted by molar-refractivity contribution is -0.155. The third-order valence-corrected chi connectivity index (χ3v) is 6.95. The number of oxime groups is 1. The van der Waals surface area contributed by atoms with E-state index in [1.54, 1.807) is 12.1 Å². The van der Waals surface area contributed by atoms with Crippen LogP contribution in [0.3, 0.4) is 0 Å². The molecule has 1 saturated heterocycles. The number of fused-ring (bicyclic) bond motifs is 1. The SMILES string of the molecule is Nc1nc(/C(=N/O)C(=O)N[C@@H]2C(=O)N3C(C(=O)O)=C(Sc4cccnn4)CCC23)c(Cl)s1. The number of hydrogen-bond donors (Lipinski definition) is 4. The Kier molecular flexibility index (Phi) is 5.99. The number of aromatic nitrogens is 3. The normalized spacial score (nSPS) is 20.6. The highest BCUT2D eigenvalue weighted by atomic mass is 35.5. The lowest BCUT2D eigenvalue weighted by atomic mass is 9.86. The number of nitrogen functional groups attached to an aromatic ring is 1. The van der Waals surface area contributed by atoms with Gasteiger partial charge in [-0.15, -0.1) is 5.10 Å². The molecule has 4 rings (SSSR count). The van der Waals surface area contributed by atoms with E-state index in [-0.39, 0.29) is 20.9 Å². The van der Waals surface area contributed by atoms with Crippen molar-refractivity contribution in [1.29, 1.82) is 0 Å². The lowest BCUT2D eigenvalue weighted by Gasteiger charge is -2.50. The molecule has 2 aliphatic rings. The number of carbonyl (C=O) groups is 3. The van der Waals surface area contributed by atoms with Crippen molar-refractivity contribution >= 4 is 63.3 Å². The van der Waals surface area contributed by atoms with E-state index in [9.17, 15) is 24.7 Å². The van der Waals surface area contributed by atoms with Crippen molar-refractivity contribution in [2.45, 2.75) is 30.0 Å². The number of amides is 2. The van der Waals surface area contributed by atoms with Gasteiger partial charge in [0.25, 0.3) is 11.8 Å². The zero-order valence-electron chi connectivity index (χ0n) is 15.9. The predicted molar refractivity (Wildman–Crippen MR) is 114 cm³/mol. The molecule has 166 valence electrons. The first kappa shape index (κ1) is 22.0. The Labute approximate surface area is 193 Å². The molecule has 0 aliphatic carbocycles. The van der Waals surface area contributed by atoms with Crippen LogP contribution < -0.4 is 11.1 Å². The third-order valence-electron chi connectivity index (χ3n) is 4.80. The van der Waals surface area contributed by atoms with Gasteiger partial charge in [-0.1, -0.05) is 39.9 Å². The first-order valence-electron chi connectivity index (χ1n) is 9.02. The number of anilines is 1. The Bertz CT molecular complexity index is 1170. The number of nitrogens with zero attached hydrogens (tertiary/aromatic N) is 5. The smallest absolute Gasteiger partial charge is 0.353 e. The average Bonchev–Trinajstić information content (AvgIpc) is 3.10. The molecule has 2 atom stereocenters. The van der Waals surface area contributed by atoms with Crippen LogP contribution in [-0.2, 0) is 14.4 Å². The van der Waals surface area contributed by atoms with Gasteiger partial charge in [0.15, 0.2) is 10.8 Å². The summed E-state index contributed by atoms with van der Waals surface area (Å²) < 4.78 is 0.0476. The second-order valence-corrected chi connectivity index (χ2v) is 9.38. The summed E-state index contributed by atoms with van der Waals surface area (Å²) in [7, 11) is 0. The molecule has 2 aliphatic heterocycles. The minimum atomic E-state index is -1.26. The van der Waals surface area contributed by atoms with Gasteiger partial charge in [-0.25, -0.2) is 9.78 Å². The van der Waals surface area contributed by atoms with Gasteiger partial charge in [-0.3, -0.25) is 14.5 Å². The Morgan fingerprint density at radius 3 is 2.81 bits per heavy atom. The Morgan fingerprint density at radius 2 is 2.22 bits per heavy atom. The van der Waals surface area contributed by atoms with Crippen molar-refractivity contribution in [1.82, 2.24) is 25.4 Å². The van der Waals surface area contributed by atoms with Crippen LogP contribution in [-0.4, -0.2) is 66.0 Å². The van der Waals surface area contributed by atoms with E-state index in [0.717, 1.165) is 28.0 Å². The van der Waals surface area contributed by atoms with Gasteiger partial charge in [-0.2, -0.15) is 5.10 Å². The molecular formula is C17H14ClN7O5S2. The van der Waals surface area contributed by atoms with Gasteiger partial charge in [0, 0.05) is 11.1 Å². The average molecular weight is 496 g/mol. The van der Waals surface area contributed by atoms with Crippen LogP contribution >= 0.6 is 34.7 Å². The summed E-state index contributed by atoms with van der Waals surface area (Å²) in [5, 5.41) is 32.7. The summed E-state index contributed by atoms with van der Waals surface area (Å²) in [5.74, 6) is -2.75. The second kappa shape index (κ2) is 8.72. The van der Waals surface area contributed by atoms with Gasteiger partial charge >= 0.3 is 5.97 Å². The molecule has 0 bridgehead atoms. The summed E-state index contributed by atoms with van der Waals surface area (Å²) in [6.07, 6.45) is 2.27. The molecule has 32 heavy (non-hydrogen) atoms. The number of hydrogen-bond acceptors (Lipinski definition) is 11. The molecular weight excluding hydrogens is 482 g/mol. The maximum atomic E-state index is 12.8. The van der Waals surface area contributed by atoms with E-state index < -0.39 is 35.6 Å². The van der Waals surface area contributed by atoms with Gasteiger partial charge in [0.2, 0.25) is 0 Å². The maximum Gasteiger partial charge on any atom is 0.353 e. The Balaban J connectivity index is 1.53. The molecule has 12 nitrogen and oxygen atoms in total. The summed E-state index contributed by atoms with van der Waals surface area (Å²) in [6, 6.07) is 1.79.